The molecule has 0 aromatic heterocycles. The van der Waals surface area contributed by atoms with Crippen LogP contribution in [0.3, 0.4) is 0 Å². The number of aliphatic carboxylic acids is 1. The number of carbonyl (C=O) groups is 1. The average molecular weight is 162 g/mol. The molecule has 0 aromatic carbocycles. The first-order chi connectivity index (χ1) is 4.29. The molecular weight excluding hydrogens is 156 g/mol. The molecule has 1 atom stereocenters. The quantitative estimate of drug-likeness (QED) is 0.627. The molecule has 1 rings (SSSR count). The van der Waals surface area contributed by atoms with Crippen LogP contribution in [0.1, 0.15) is 6.42 Å². The topological polar surface area (TPSA) is 37.3 Å². The molecule has 1 N–H and O–H groups in total. The normalized spacial score (nSPS) is 24.7. The third-order valence-corrected chi connectivity index (χ3v) is 3.26. The molecule has 50 valence electrons. The van der Waals surface area contributed by atoms with E-state index in [0.29, 0.717) is 0 Å². The monoisotopic (exact) mass is 162 g/mol. The number of carboxylic acid groups (broad SMARTS) is 1. The van der Waals surface area contributed by atoms with E-state index in [1.165, 1.54) is 0 Å². The van der Waals surface area contributed by atoms with Crippen LogP contribution in [-0.4, -0.2) is 16.3 Å². The first kappa shape index (κ1) is 7.02. The van der Waals surface area contributed by atoms with E-state index in [1.54, 1.807) is 21.6 Å². The largest absolute Gasteiger partial charge is 0.481 e. The molecule has 0 bridgehead atoms. The van der Waals surface area contributed by atoms with Crippen LogP contribution in [0.2, 0.25) is 0 Å². The summed E-state index contributed by atoms with van der Waals surface area (Å²) >= 11 is 0. The van der Waals surface area contributed by atoms with Crippen molar-refractivity contribution in [2.24, 2.45) is 0 Å². The van der Waals surface area contributed by atoms with Crippen LogP contribution in [0.4, 0.5) is 0 Å². The van der Waals surface area contributed by atoms with Crippen molar-refractivity contribution < 1.29 is 9.90 Å². The van der Waals surface area contributed by atoms with Crippen molar-refractivity contribution in [1.29, 1.82) is 0 Å². The van der Waals surface area contributed by atoms with Gasteiger partial charge in [-0.25, -0.2) is 0 Å². The summed E-state index contributed by atoms with van der Waals surface area (Å²) in [5.41, 5.74) is 0. The minimum Gasteiger partial charge on any atom is -0.481 e. The van der Waals surface area contributed by atoms with Gasteiger partial charge in [-0.1, -0.05) is 27.7 Å². The van der Waals surface area contributed by atoms with Gasteiger partial charge in [-0.3, -0.25) is 4.79 Å². The Morgan fingerprint density at radius 1 is 1.78 bits per heavy atom. The molecule has 2 nitrogen and oxygen atoms in total. The number of hydrogen-bond acceptors (Lipinski definition) is 3. The van der Waals surface area contributed by atoms with Crippen LogP contribution in [0, 0.1) is 0 Å². The van der Waals surface area contributed by atoms with Crippen molar-refractivity contribution in [1.82, 2.24) is 0 Å². The van der Waals surface area contributed by atoms with Crippen molar-refractivity contribution in [3.8, 4) is 0 Å². The Kier molecular flexibility index (Phi) is 2.48. The maximum absolute atomic E-state index is 10.1. The van der Waals surface area contributed by atoms with E-state index >= 15 is 0 Å². The summed E-state index contributed by atoms with van der Waals surface area (Å²) in [5, 5.41) is 10.4. The van der Waals surface area contributed by atoms with Crippen molar-refractivity contribution in [2.45, 2.75) is 11.7 Å². The van der Waals surface area contributed by atoms with Gasteiger partial charge in [0.1, 0.15) is 0 Å². The van der Waals surface area contributed by atoms with Gasteiger partial charge in [0.05, 0.1) is 6.42 Å². The molecule has 4 heteroatoms. The minimum absolute atomic E-state index is 0.187. The smallest absolute Gasteiger partial charge is 0.304 e. The highest BCUT2D eigenvalue weighted by Crippen LogP contribution is 2.36. The lowest BCUT2D eigenvalue weighted by molar-refractivity contribution is -0.136. The fourth-order valence-corrected chi connectivity index (χ4v) is 2.65. The molecule has 0 saturated heterocycles. The number of hydrogen-bond donors (Lipinski definition) is 1. The fourth-order valence-electron chi connectivity index (χ4n) is 0.529. The number of rotatable bonds is 2. The van der Waals surface area contributed by atoms with E-state index in [2.05, 4.69) is 0 Å². The molecule has 0 amide bonds. The van der Waals surface area contributed by atoms with Crippen LogP contribution in [-0.2, 0) is 4.79 Å². The molecule has 9 heavy (non-hydrogen) atoms. The summed E-state index contributed by atoms with van der Waals surface area (Å²) in [6.07, 6.45) is 2.16. The minimum atomic E-state index is -0.723. The Morgan fingerprint density at radius 3 is 3.00 bits per heavy atom. The highest BCUT2D eigenvalue weighted by molar-refractivity contribution is 8.78. The SMILES string of the molecule is O=C(O)CC1C=CSS1. The third-order valence-electron chi connectivity index (χ3n) is 0.904. The zero-order chi connectivity index (χ0) is 6.69. The maximum atomic E-state index is 10.1. The van der Waals surface area contributed by atoms with E-state index in [-0.39, 0.29) is 11.7 Å². The molecule has 1 aliphatic rings. The van der Waals surface area contributed by atoms with E-state index in [0.717, 1.165) is 0 Å². The van der Waals surface area contributed by atoms with Gasteiger partial charge in [0.2, 0.25) is 0 Å². The first-order valence-corrected chi connectivity index (χ1v) is 4.77. The van der Waals surface area contributed by atoms with E-state index in [1.807, 2.05) is 11.5 Å². The Morgan fingerprint density at radius 2 is 2.56 bits per heavy atom. The first-order valence-electron chi connectivity index (χ1n) is 2.49. The second kappa shape index (κ2) is 3.17. The Bertz CT molecular complexity index is 144. The molecule has 0 aromatic rings. The second-order valence-corrected chi connectivity index (χ2v) is 4.07. The molecule has 0 spiro atoms. The summed E-state index contributed by atoms with van der Waals surface area (Å²) in [4.78, 5) is 10.1. The molecule has 0 saturated carbocycles. The molecule has 0 radical (unpaired) electrons. The predicted molar refractivity (Wildman–Crippen MR) is 40.4 cm³/mol. The molecule has 0 aliphatic carbocycles. The highest BCUT2D eigenvalue weighted by atomic mass is 33.1. The lowest BCUT2D eigenvalue weighted by atomic mass is 10.3. The lowest BCUT2D eigenvalue weighted by Gasteiger charge is -1.98. The van der Waals surface area contributed by atoms with Gasteiger partial charge in [0, 0.05) is 5.25 Å². The van der Waals surface area contributed by atoms with Crippen LogP contribution < -0.4 is 0 Å². The zero-order valence-electron chi connectivity index (χ0n) is 4.61. The van der Waals surface area contributed by atoms with Gasteiger partial charge in [-0.15, -0.1) is 0 Å². The van der Waals surface area contributed by atoms with Crippen LogP contribution in [0.15, 0.2) is 11.5 Å². The van der Waals surface area contributed by atoms with Gasteiger partial charge in [-0.2, -0.15) is 0 Å². The van der Waals surface area contributed by atoms with Crippen LogP contribution >= 0.6 is 21.6 Å². The highest BCUT2D eigenvalue weighted by Gasteiger charge is 2.13. The molecule has 0 fully saturated rings. The molecule has 1 heterocycles. The zero-order valence-corrected chi connectivity index (χ0v) is 6.24. The van der Waals surface area contributed by atoms with E-state index in [9.17, 15) is 4.79 Å². The maximum Gasteiger partial charge on any atom is 0.304 e. The standard InChI is InChI=1S/C5H6O2S2/c6-5(7)3-4-1-2-8-9-4/h1-2,4H,3H2,(H,6,7). The summed E-state index contributed by atoms with van der Waals surface area (Å²) in [5.74, 6) is -0.723. The lowest BCUT2D eigenvalue weighted by Crippen LogP contribution is -2.03. The summed E-state index contributed by atoms with van der Waals surface area (Å²) < 4.78 is 0. The van der Waals surface area contributed by atoms with Crippen molar-refractivity contribution in [3.05, 3.63) is 11.5 Å². The van der Waals surface area contributed by atoms with Gasteiger partial charge < -0.3 is 5.11 Å². The summed E-state index contributed by atoms with van der Waals surface area (Å²) in [7, 11) is 3.19. The average Bonchev–Trinajstić information content (AvgIpc) is 2.15. The Hall–Kier alpha value is -0.0900. The van der Waals surface area contributed by atoms with Gasteiger partial charge in [0.25, 0.3) is 0 Å². The van der Waals surface area contributed by atoms with Crippen molar-refractivity contribution >= 4 is 27.6 Å². The molecular formula is C5H6O2S2. The Labute approximate surface area is 61.1 Å². The second-order valence-electron chi connectivity index (χ2n) is 1.66. The predicted octanol–water partition coefficient (Wildman–Crippen LogP) is 1.74. The van der Waals surface area contributed by atoms with Gasteiger partial charge >= 0.3 is 5.97 Å². The van der Waals surface area contributed by atoms with Crippen LogP contribution in [0.25, 0.3) is 0 Å². The van der Waals surface area contributed by atoms with Crippen molar-refractivity contribution in [3.63, 3.8) is 0 Å². The molecule has 1 unspecified atom stereocenters. The fraction of sp³-hybridized carbons (Fsp3) is 0.400. The Balaban J connectivity index is 2.28. The summed E-state index contributed by atoms with van der Waals surface area (Å²) in [6.45, 7) is 0. The van der Waals surface area contributed by atoms with Crippen LogP contribution in [0.5, 0.6) is 0 Å². The van der Waals surface area contributed by atoms with E-state index in [4.69, 9.17) is 5.11 Å². The van der Waals surface area contributed by atoms with Gasteiger partial charge in [-0.05, 0) is 5.41 Å². The molecule has 1 aliphatic heterocycles. The van der Waals surface area contributed by atoms with Crippen molar-refractivity contribution in [2.75, 3.05) is 0 Å². The van der Waals surface area contributed by atoms with E-state index < -0.39 is 5.97 Å². The summed E-state index contributed by atoms with van der Waals surface area (Å²) in [6, 6.07) is 0. The third kappa shape index (κ3) is 2.32. The number of carboxylic acids is 1. The van der Waals surface area contributed by atoms with Gasteiger partial charge in [0.15, 0.2) is 0 Å².